The molecule has 0 bridgehead atoms. The maximum absolute atomic E-state index is 12.6. The van der Waals surface area contributed by atoms with Gasteiger partial charge in [0.25, 0.3) is 0 Å². The van der Waals surface area contributed by atoms with E-state index in [1.165, 1.54) is 5.56 Å². The van der Waals surface area contributed by atoms with Crippen molar-refractivity contribution in [3.05, 3.63) is 84.4 Å². The van der Waals surface area contributed by atoms with Crippen LogP contribution in [0.1, 0.15) is 5.56 Å². The quantitative estimate of drug-likeness (QED) is 0.633. The van der Waals surface area contributed by atoms with Crippen LogP contribution in [-0.4, -0.2) is 42.9 Å². The molecule has 0 saturated carbocycles. The first-order valence-corrected chi connectivity index (χ1v) is 10.4. The minimum absolute atomic E-state index is 0.490. The summed E-state index contributed by atoms with van der Waals surface area (Å²) in [7, 11) is 0. The molecule has 1 aliphatic heterocycles. The fourth-order valence-electron chi connectivity index (χ4n) is 3.65. The summed E-state index contributed by atoms with van der Waals surface area (Å²) in [6.07, 6.45) is 0. The second kappa shape index (κ2) is 9.34. The van der Waals surface area contributed by atoms with Crippen molar-refractivity contribution in [2.24, 2.45) is 0 Å². The molecular weight excluding hydrogens is 388 g/mol. The molecule has 0 aliphatic carbocycles. The van der Waals surface area contributed by atoms with Gasteiger partial charge in [-0.15, -0.1) is 0 Å². The number of aryl methyl sites for hydroxylation is 1. The average molecular weight is 415 g/mol. The van der Waals surface area contributed by atoms with Crippen LogP contribution in [0.4, 0.5) is 22.7 Å². The number of piperazine rings is 1. The molecule has 3 aromatic rings. The van der Waals surface area contributed by atoms with Crippen molar-refractivity contribution < 1.29 is 9.59 Å². The molecule has 2 N–H and O–H groups in total. The molecular formula is C25H26N4O2. The van der Waals surface area contributed by atoms with Crippen LogP contribution in [0.5, 0.6) is 0 Å². The molecule has 3 aromatic carbocycles. The molecule has 1 aliphatic rings. The van der Waals surface area contributed by atoms with Gasteiger partial charge in [-0.1, -0.05) is 30.3 Å². The number of nitrogens with zero attached hydrogens (tertiary/aromatic N) is 2. The van der Waals surface area contributed by atoms with Gasteiger partial charge in [0.2, 0.25) is 0 Å². The van der Waals surface area contributed by atoms with Crippen molar-refractivity contribution in [1.82, 2.24) is 4.90 Å². The van der Waals surface area contributed by atoms with Gasteiger partial charge < -0.3 is 20.4 Å². The highest BCUT2D eigenvalue weighted by atomic mass is 16.2. The first-order chi connectivity index (χ1) is 15.1. The van der Waals surface area contributed by atoms with Crippen molar-refractivity contribution in [2.45, 2.75) is 6.92 Å². The topological polar surface area (TPSA) is 64.7 Å². The Morgan fingerprint density at radius 2 is 1.39 bits per heavy atom. The summed E-state index contributed by atoms with van der Waals surface area (Å²) >= 11 is 0. The second-order valence-electron chi connectivity index (χ2n) is 7.64. The number of carbonyl (C=O) groups excluding carboxylic acids is 2. The van der Waals surface area contributed by atoms with Gasteiger partial charge in [-0.25, -0.2) is 0 Å². The van der Waals surface area contributed by atoms with Crippen LogP contribution in [0.3, 0.4) is 0 Å². The largest absolute Gasteiger partial charge is 0.368 e. The summed E-state index contributed by atoms with van der Waals surface area (Å²) in [4.78, 5) is 28.9. The number of rotatable bonds is 4. The van der Waals surface area contributed by atoms with Gasteiger partial charge >= 0.3 is 11.8 Å². The molecule has 6 heteroatoms. The Bertz CT molecular complexity index is 1040. The fraction of sp³-hybridized carbons (Fsp3) is 0.200. The Morgan fingerprint density at radius 3 is 2.06 bits per heavy atom. The minimum atomic E-state index is -0.604. The van der Waals surface area contributed by atoms with E-state index in [0.29, 0.717) is 31.9 Å². The molecule has 4 rings (SSSR count). The molecule has 0 radical (unpaired) electrons. The highest BCUT2D eigenvalue weighted by molar-refractivity contribution is 6.39. The Labute approximate surface area is 182 Å². The van der Waals surface area contributed by atoms with Crippen LogP contribution in [0, 0.1) is 6.92 Å². The van der Waals surface area contributed by atoms with Crippen LogP contribution in [0.2, 0.25) is 0 Å². The van der Waals surface area contributed by atoms with Gasteiger partial charge in [0.05, 0.1) is 0 Å². The van der Waals surface area contributed by atoms with E-state index in [-0.39, 0.29) is 0 Å². The third-order valence-corrected chi connectivity index (χ3v) is 5.33. The third-order valence-electron chi connectivity index (χ3n) is 5.33. The number of amides is 2. The first-order valence-electron chi connectivity index (χ1n) is 10.4. The lowest BCUT2D eigenvalue weighted by Gasteiger charge is -2.35. The SMILES string of the molecule is Cc1cccc(N2CCN(C(=O)C(=O)Nc3ccc(Nc4ccccc4)cc3)CC2)c1. The Morgan fingerprint density at radius 1 is 0.742 bits per heavy atom. The van der Waals surface area contributed by atoms with Crippen LogP contribution in [-0.2, 0) is 9.59 Å². The predicted octanol–water partition coefficient (Wildman–Crippen LogP) is 4.03. The summed E-state index contributed by atoms with van der Waals surface area (Å²) in [5.74, 6) is -1.09. The standard InChI is InChI=1S/C25H26N4O2/c1-19-6-5-9-23(18-19)28-14-16-29(17-15-28)25(31)24(30)27-22-12-10-21(11-13-22)26-20-7-3-2-4-8-20/h2-13,18,26H,14-17H2,1H3,(H,27,30). The smallest absolute Gasteiger partial charge is 0.313 e. The van der Waals surface area contributed by atoms with Gasteiger partial charge in [0.1, 0.15) is 0 Å². The molecule has 158 valence electrons. The number of benzene rings is 3. The number of hydrogen-bond donors (Lipinski definition) is 2. The third kappa shape index (κ3) is 5.22. The molecule has 2 amide bonds. The highest BCUT2D eigenvalue weighted by Gasteiger charge is 2.26. The average Bonchev–Trinajstić information content (AvgIpc) is 2.81. The predicted molar refractivity (Wildman–Crippen MR) is 125 cm³/mol. The van der Waals surface area contributed by atoms with Crippen LogP contribution in [0.25, 0.3) is 0 Å². The minimum Gasteiger partial charge on any atom is -0.368 e. The summed E-state index contributed by atoms with van der Waals surface area (Å²) < 4.78 is 0. The zero-order chi connectivity index (χ0) is 21.6. The molecule has 1 saturated heterocycles. The number of nitrogens with one attached hydrogen (secondary N) is 2. The maximum Gasteiger partial charge on any atom is 0.313 e. The molecule has 1 fully saturated rings. The van der Waals surface area contributed by atoms with Crippen LogP contribution in [0.15, 0.2) is 78.9 Å². The Hall–Kier alpha value is -3.80. The van der Waals surface area contributed by atoms with E-state index in [1.54, 1.807) is 17.0 Å². The highest BCUT2D eigenvalue weighted by Crippen LogP contribution is 2.20. The Balaban J connectivity index is 1.29. The number of anilines is 4. The van der Waals surface area contributed by atoms with Gasteiger partial charge in [-0.05, 0) is 61.0 Å². The summed E-state index contributed by atoms with van der Waals surface area (Å²) in [5, 5.41) is 6.00. The van der Waals surface area contributed by atoms with Gasteiger partial charge in [0.15, 0.2) is 0 Å². The lowest BCUT2D eigenvalue weighted by atomic mass is 10.2. The van der Waals surface area contributed by atoms with Crippen molar-refractivity contribution in [2.75, 3.05) is 41.7 Å². The van der Waals surface area contributed by atoms with Gasteiger partial charge in [0, 0.05) is 48.9 Å². The molecule has 0 unspecified atom stereocenters. The molecule has 31 heavy (non-hydrogen) atoms. The lowest BCUT2D eigenvalue weighted by molar-refractivity contribution is -0.143. The number of carbonyl (C=O) groups is 2. The van der Waals surface area contributed by atoms with Gasteiger partial charge in [-0.2, -0.15) is 0 Å². The van der Waals surface area contributed by atoms with Gasteiger partial charge in [-0.3, -0.25) is 9.59 Å². The van der Waals surface area contributed by atoms with E-state index in [0.717, 1.165) is 17.1 Å². The van der Waals surface area contributed by atoms with Crippen molar-refractivity contribution in [3.8, 4) is 0 Å². The number of para-hydroxylation sites is 1. The lowest BCUT2D eigenvalue weighted by Crippen LogP contribution is -2.51. The zero-order valence-corrected chi connectivity index (χ0v) is 17.5. The monoisotopic (exact) mass is 414 g/mol. The van der Waals surface area contributed by atoms with Crippen LogP contribution >= 0.6 is 0 Å². The Kier molecular flexibility index (Phi) is 6.17. The van der Waals surface area contributed by atoms with Crippen molar-refractivity contribution in [1.29, 1.82) is 0 Å². The summed E-state index contributed by atoms with van der Waals surface area (Å²) in [6.45, 7) is 4.54. The van der Waals surface area contributed by atoms with E-state index in [9.17, 15) is 9.59 Å². The molecule has 6 nitrogen and oxygen atoms in total. The van der Waals surface area contributed by atoms with Crippen LogP contribution < -0.4 is 15.5 Å². The maximum atomic E-state index is 12.6. The van der Waals surface area contributed by atoms with E-state index in [2.05, 4.69) is 40.7 Å². The molecule has 0 spiro atoms. The van der Waals surface area contributed by atoms with Crippen molar-refractivity contribution >= 4 is 34.6 Å². The molecule has 0 aromatic heterocycles. The summed E-state index contributed by atoms with van der Waals surface area (Å²) in [5.41, 5.74) is 4.85. The first kappa shape index (κ1) is 20.5. The van der Waals surface area contributed by atoms with E-state index in [1.807, 2.05) is 48.5 Å². The zero-order valence-electron chi connectivity index (χ0n) is 17.5. The summed E-state index contributed by atoms with van der Waals surface area (Å²) in [6, 6.07) is 25.5. The van der Waals surface area contributed by atoms with E-state index in [4.69, 9.17) is 0 Å². The van der Waals surface area contributed by atoms with Crippen molar-refractivity contribution in [3.63, 3.8) is 0 Å². The van der Waals surface area contributed by atoms with E-state index < -0.39 is 11.8 Å². The normalized spacial score (nSPS) is 13.6. The molecule has 1 heterocycles. The number of hydrogen-bond acceptors (Lipinski definition) is 4. The second-order valence-corrected chi connectivity index (χ2v) is 7.64. The van der Waals surface area contributed by atoms with E-state index >= 15 is 0 Å². The fourth-order valence-corrected chi connectivity index (χ4v) is 3.65. The molecule has 0 atom stereocenters.